The summed E-state index contributed by atoms with van der Waals surface area (Å²) in [6, 6.07) is 9.69. The third-order valence-electron chi connectivity index (χ3n) is 4.68. The number of hydrogen-bond acceptors (Lipinski definition) is 3. The van der Waals surface area contributed by atoms with Crippen LogP contribution in [-0.2, 0) is 11.3 Å². The number of rotatable bonds is 2. The Morgan fingerprint density at radius 1 is 1.30 bits per heavy atom. The minimum atomic E-state index is -0.394. The Morgan fingerprint density at radius 2 is 2.00 bits per heavy atom. The van der Waals surface area contributed by atoms with Gasteiger partial charge in [0, 0.05) is 6.54 Å². The van der Waals surface area contributed by atoms with Gasteiger partial charge in [0.05, 0.1) is 11.6 Å². The van der Waals surface area contributed by atoms with E-state index in [9.17, 15) is 9.90 Å². The van der Waals surface area contributed by atoms with Gasteiger partial charge in [0.2, 0.25) is 0 Å². The van der Waals surface area contributed by atoms with Crippen molar-refractivity contribution in [2.24, 2.45) is 0 Å². The summed E-state index contributed by atoms with van der Waals surface area (Å²) in [5, 5.41) is 10.2. The number of hydrogen-bond donors (Lipinski definition) is 1. The van der Waals surface area contributed by atoms with Crippen LogP contribution in [0.1, 0.15) is 37.7 Å². The first-order chi connectivity index (χ1) is 9.72. The number of ether oxygens (including phenoxy) is 1. The predicted octanol–water partition coefficient (Wildman–Crippen LogP) is 2.70. The number of benzene rings is 1. The third-order valence-corrected chi connectivity index (χ3v) is 4.68. The van der Waals surface area contributed by atoms with Gasteiger partial charge < -0.3 is 9.84 Å². The molecular weight excluding hydrogens is 254 g/mol. The third kappa shape index (κ3) is 2.29. The Balaban J connectivity index is 1.65. The molecule has 1 aromatic carbocycles. The van der Waals surface area contributed by atoms with Crippen molar-refractivity contribution in [3.05, 3.63) is 35.9 Å². The van der Waals surface area contributed by atoms with E-state index in [1.165, 1.54) is 0 Å². The zero-order valence-electron chi connectivity index (χ0n) is 11.6. The maximum atomic E-state index is 12.3. The summed E-state index contributed by atoms with van der Waals surface area (Å²) in [6.45, 7) is 0.900. The van der Waals surface area contributed by atoms with Crippen LogP contribution in [-0.4, -0.2) is 34.3 Å². The van der Waals surface area contributed by atoms with Crippen LogP contribution in [0.3, 0.4) is 0 Å². The van der Waals surface area contributed by atoms with Crippen molar-refractivity contribution in [1.29, 1.82) is 0 Å². The van der Waals surface area contributed by atoms with Crippen molar-refractivity contribution >= 4 is 6.09 Å². The number of aliphatic hydroxyl groups excluding tert-OH is 1. The van der Waals surface area contributed by atoms with Gasteiger partial charge in [-0.3, -0.25) is 4.90 Å². The summed E-state index contributed by atoms with van der Waals surface area (Å²) in [5.74, 6) is 0. The van der Waals surface area contributed by atoms with Crippen molar-refractivity contribution in [2.45, 2.75) is 50.4 Å². The molecule has 1 N–H and O–H groups in total. The average molecular weight is 275 g/mol. The SMILES string of the molecule is O=C(OCc1ccccc1)N1CCC(O)C12CCCC2. The lowest BCUT2D eigenvalue weighted by molar-refractivity contribution is 0.0196. The summed E-state index contributed by atoms with van der Waals surface area (Å²) >= 11 is 0. The smallest absolute Gasteiger partial charge is 0.410 e. The number of amides is 1. The zero-order valence-corrected chi connectivity index (χ0v) is 11.6. The molecule has 2 fully saturated rings. The molecule has 4 nitrogen and oxygen atoms in total. The molecule has 1 aromatic rings. The van der Waals surface area contributed by atoms with E-state index in [1.807, 2.05) is 30.3 Å². The van der Waals surface area contributed by atoms with Gasteiger partial charge in [-0.2, -0.15) is 0 Å². The van der Waals surface area contributed by atoms with Crippen molar-refractivity contribution < 1.29 is 14.6 Å². The number of nitrogens with zero attached hydrogens (tertiary/aromatic N) is 1. The summed E-state index contributed by atoms with van der Waals surface area (Å²) < 4.78 is 5.42. The van der Waals surface area contributed by atoms with Gasteiger partial charge >= 0.3 is 6.09 Å². The molecule has 0 bridgehead atoms. The van der Waals surface area contributed by atoms with E-state index in [0.717, 1.165) is 31.2 Å². The van der Waals surface area contributed by atoms with Gasteiger partial charge in [-0.05, 0) is 24.8 Å². The Kier molecular flexibility index (Phi) is 3.66. The lowest BCUT2D eigenvalue weighted by Crippen LogP contribution is -2.51. The Labute approximate surface area is 119 Å². The zero-order chi connectivity index (χ0) is 14.0. The Morgan fingerprint density at radius 3 is 2.70 bits per heavy atom. The number of carbonyl (C=O) groups is 1. The van der Waals surface area contributed by atoms with Crippen LogP contribution in [0.2, 0.25) is 0 Å². The van der Waals surface area contributed by atoms with Crippen LogP contribution in [0.4, 0.5) is 4.79 Å². The molecule has 1 amide bonds. The monoisotopic (exact) mass is 275 g/mol. The highest BCUT2D eigenvalue weighted by Gasteiger charge is 2.52. The maximum absolute atomic E-state index is 12.3. The molecule has 1 saturated carbocycles. The number of carbonyl (C=O) groups excluding carboxylic acids is 1. The topological polar surface area (TPSA) is 49.8 Å². The van der Waals surface area contributed by atoms with Crippen LogP contribution in [0.5, 0.6) is 0 Å². The van der Waals surface area contributed by atoms with Gasteiger partial charge in [-0.1, -0.05) is 43.2 Å². The molecule has 2 aliphatic rings. The fraction of sp³-hybridized carbons (Fsp3) is 0.562. The van der Waals surface area contributed by atoms with Crippen molar-refractivity contribution in [1.82, 2.24) is 4.90 Å². The van der Waals surface area contributed by atoms with Crippen molar-refractivity contribution in [3.63, 3.8) is 0 Å². The molecule has 1 saturated heterocycles. The molecule has 1 spiro atoms. The quantitative estimate of drug-likeness (QED) is 0.902. The van der Waals surface area contributed by atoms with E-state index in [0.29, 0.717) is 19.6 Å². The molecule has 1 atom stereocenters. The molecule has 3 rings (SSSR count). The largest absolute Gasteiger partial charge is 0.445 e. The summed E-state index contributed by atoms with van der Waals surface area (Å²) in [6.07, 6.45) is 3.95. The Hall–Kier alpha value is -1.55. The average Bonchev–Trinajstić information content (AvgIpc) is 3.08. The van der Waals surface area contributed by atoms with Crippen LogP contribution in [0.15, 0.2) is 30.3 Å². The molecule has 0 aromatic heterocycles. The molecular formula is C16H21NO3. The fourth-order valence-corrected chi connectivity index (χ4v) is 3.58. The highest BCUT2D eigenvalue weighted by molar-refractivity contribution is 5.69. The van der Waals surface area contributed by atoms with Gasteiger partial charge in [-0.25, -0.2) is 4.79 Å². The van der Waals surface area contributed by atoms with Crippen LogP contribution >= 0.6 is 0 Å². The summed E-state index contributed by atoms with van der Waals surface area (Å²) in [4.78, 5) is 14.1. The number of aliphatic hydroxyl groups is 1. The first-order valence-electron chi connectivity index (χ1n) is 7.39. The minimum Gasteiger partial charge on any atom is -0.445 e. The standard InChI is InChI=1S/C16H21NO3/c18-14-8-11-17(16(14)9-4-5-10-16)15(19)20-12-13-6-2-1-3-7-13/h1-3,6-7,14,18H,4-5,8-12H2. The van der Waals surface area contributed by atoms with Crippen LogP contribution in [0.25, 0.3) is 0 Å². The lowest BCUT2D eigenvalue weighted by atomic mass is 9.91. The predicted molar refractivity (Wildman–Crippen MR) is 75.2 cm³/mol. The second-order valence-electron chi connectivity index (χ2n) is 5.81. The minimum absolute atomic E-state index is 0.285. The van der Waals surface area contributed by atoms with E-state index < -0.39 is 6.10 Å². The van der Waals surface area contributed by atoms with Crippen LogP contribution < -0.4 is 0 Å². The Bertz CT molecular complexity index is 468. The van der Waals surface area contributed by atoms with Gasteiger partial charge in [-0.15, -0.1) is 0 Å². The van der Waals surface area contributed by atoms with Crippen LogP contribution in [0, 0.1) is 0 Å². The van der Waals surface area contributed by atoms with Crippen molar-refractivity contribution in [2.75, 3.05) is 6.54 Å². The molecule has 1 aliphatic heterocycles. The molecule has 20 heavy (non-hydrogen) atoms. The van der Waals surface area contributed by atoms with Crippen molar-refractivity contribution in [3.8, 4) is 0 Å². The van der Waals surface area contributed by atoms with E-state index in [-0.39, 0.29) is 11.6 Å². The molecule has 1 heterocycles. The second kappa shape index (κ2) is 5.44. The molecule has 0 radical (unpaired) electrons. The first kappa shape index (κ1) is 13.4. The van der Waals surface area contributed by atoms with Gasteiger partial charge in [0.25, 0.3) is 0 Å². The molecule has 1 unspecified atom stereocenters. The van der Waals surface area contributed by atoms with E-state index in [2.05, 4.69) is 0 Å². The molecule has 108 valence electrons. The van der Waals surface area contributed by atoms with E-state index in [1.54, 1.807) is 4.90 Å². The summed E-state index contributed by atoms with van der Waals surface area (Å²) in [7, 11) is 0. The highest BCUT2D eigenvalue weighted by atomic mass is 16.6. The lowest BCUT2D eigenvalue weighted by Gasteiger charge is -2.36. The van der Waals surface area contributed by atoms with E-state index in [4.69, 9.17) is 4.74 Å². The van der Waals surface area contributed by atoms with Gasteiger partial charge in [0.1, 0.15) is 6.61 Å². The molecule has 1 aliphatic carbocycles. The van der Waals surface area contributed by atoms with E-state index >= 15 is 0 Å². The summed E-state index contributed by atoms with van der Waals surface area (Å²) in [5.41, 5.74) is 0.634. The normalized spacial score (nSPS) is 24.2. The number of likely N-dealkylation sites (tertiary alicyclic amines) is 1. The maximum Gasteiger partial charge on any atom is 0.410 e. The highest BCUT2D eigenvalue weighted by Crippen LogP contribution is 2.43. The van der Waals surface area contributed by atoms with Gasteiger partial charge in [0.15, 0.2) is 0 Å². The second-order valence-corrected chi connectivity index (χ2v) is 5.81. The molecule has 4 heteroatoms. The first-order valence-corrected chi connectivity index (χ1v) is 7.39. The fourth-order valence-electron chi connectivity index (χ4n) is 3.58.